The van der Waals surface area contributed by atoms with Crippen LogP contribution in [0, 0.1) is 0 Å². The topological polar surface area (TPSA) is 34.1 Å². The molecule has 0 bridgehead atoms. The molecule has 0 fully saturated rings. The van der Waals surface area contributed by atoms with Crippen molar-refractivity contribution in [3.8, 4) is 0 Å². The van der Waals surface area contributed by atoms with Crippen LogP contribution in [-0.4, -0.2) is 11.6 Å². The van der Waals surface area contributed by atoms with Crippen LogP contribution in [0.4, 0.5) is 0 Å². The SMILES string of the molecule is O=C1CC2=CC(=O)c3cccc4ccc(c2c34)C1. The molecule has 18 heavy (non-hydrogen) atoms. The van der Waals surface area contributed by atoms with Gasteiger partial charge in [-0.05, 0) is 28.2 Å². The summed E-state index contributed by atoms with van der Waals surface area (Å²) < 4.78 is 0. The fourth-order valence-corrected chi connectivity index (χ4v) is 3.08. The van der Waals surface area contributed by atoms with Crippen molar-refractivity contribution in [3.63, 3.8) is 0 Å². The third-order valence-electron chi connectivity index (χ3n) is 3.80. The van der Waals surface area contributed by atoms with E-state index in [1.54, 1.807) is 6.08 Å². The highest BCUT2D eigenvalue weighted by Gasteiger charge is 2.27. The molecule has 0 aliphatic heterocycles. The number of Topliss-reactive ketones (excluding diaryl/α,β-unsaturated/α-hetero) is 1. The summed E-state index contributed by atoms with van der Waals surface area (Å²) in [6, 6.07) is 9.82. The predicted molar refractivity (Wildman–Crippen MR) is 69.6 cm³/mol. The molecule has 2 aliphatic carbocycles. The van der Waals surface area contributed by atoms with Gasteiger partial charge in [-0.2, -0.15) is 0 Å². The fourth-order valence-electron chi connectivity index (χ4n) is 3.08. The normalized spacial score (nSPS) is 17.0. The van der Waals surface area contributed by atoms with E-state index >= 15 is 0 Å². The van der Waals surface area contributed by atoms with E-state index in [1.165, 1.54) is 0 Å². The summed E-state index contributed by atoms with van der Waals surface area (Å²) in [5, 5.41) is 2.12. The van der Waals surface area contributed by atoms with E-state index in [0.717, 1.165) is 33.0 Å². The van der Waals surface area contributed by atoms with Gasteiger partial charge >= 0.3 is 0 Å². The van der Waals surface area contributed by atoms with E-state index in [4.69, 9.17) is 0 Å². The summed E-state index contributed by atoms with van der Waals surface area (Å²) in [4.78, 5) is 23.8. The lowest BCUT2D eigenvalue weighted by Gasteiger charge is -2.24. The highest BCUT2D eigenvalue weighted by Crippen LogP contribution is 2.39. The molecule has 0 aromatic heterocycles. The van der Waals surface area contributed by atoms with Crippen LogP contribution < -0.4 is 0 Å². The summed E-state index contributed by atoms with van der Waals surface area (Å²) in [5.41, 5.74) is 3.85. The number of carbonyl (C=O) groups is 2. The van der Waals surface area contributed by atoms with Crippen molar-refractivity contribution in [2.45, 2.75) is 12.8 Å². The third kappa shape index (κ3) is 1.12. The molecule has 2 heteroatoms. The minimum absolute atomic E-state index is 0.0231. The van der Waals surface area contributed by atoms with Crippen LogP contribution in [0.5, 0.6) is 0 Å². The molecular weight excluding hydrogens is 224 g/mol. The standard InChI is InChI=1S/C16H10O2/c17-12-6-10-5-4-9-2-1-3-13-14(18)8-11(7-12)15(10)16(9)13/h1-5,8H,6-7H2. The Labute approximate surface area is 104 Å². The number of hydrogen-bond donors (Lipinski definition) is 0. The van der Waals surface area contributed by atoms with Gasteiger partial charge in [0.1, 0.15) is 5.78 Å². The Balaban J connectivity index is 2.23. The summed E-state index contributed by atoms with van der Waals surface area (Å²) in [7, 11) is 0. The molecule has 0 amide bonds. The molecule has 0 radical (unpaired) electrons. The van der Waals surface area contributed by atoms with E-state index in [0.29, 0.717) is 12.8 Å². The highest BCUT2D eigenvalue weighted by atomic mass is 16.1. The van der Waals surface area contributed by atoms with Gasteiger partial charge in [0.15, 0.2) is 5.78 Å². The van der Waals surface area contributed by atoms with E-state index < -0.39 is 0 Å². The predicted octanol–water partition coefficient (Wildman–Crippen LogP) is 2.93. The number of benzene rings is 2. The van der Waals surface area contributed by atoms with Crippen molar-refractivity contribution >= 4 is 27.9 Å². The van der Waals surface area contributed by atoms with Gasteiger partial charge in [0, 0.05) is 23.8 Å². The van der Waals surface area contributed by atoms with Gasteiger partial charge in [-0.25, -0.2) is 0 Å². The molecule has 4 rings (SSSR count). The smallest absolute Gasteiger partial charge is 0.186 e. The second-order valence-electron chi connectivity index (χ2n) is 4.93. The van der Waals surface area contributed by atoms with Gasteiger partial charge in [-0.1, -0.05) is 30.3 Å². The van der Waals surface area contributed by atoms with E-state index in [2.05, 4.69) is 0 Å². The summed E-state index contributed by atoms with van der Waals surface area (Å²) in [6.07, 6.45) is 2.52. The zero-order chi connectivity index (χ0) is 12.3. The van der Waals surface area contributed by atoms with Gasteiger partial charge in [0.25, 0.3) is 0 Å². The minimum atomic E-state index is 0.0231. The molecule has 2 nitrogen and oxygen atoms in total. The van der Waals surface area contributed by atoms with Crippen molar-refractivity contribution in [2.75, 3.05) is 0 Å². The first kappa shape index (κ1) is 9.77. The third-order valence-corrected chi connectivity index (χ3v) is 3.80. The molecule has 0 heterocycles. The van der Waals surface area contributed by atoms with E-state index in [9.17, 15) is 9.59 Å². The Kier molecular flexibility index (Phi) is 1.72. The molecular formula is C16H10O2. The molecule has 0 saturated carbocycles. The Morgan fingerprint density at radius 1 is 0.944 bits per heavy atom. The van der Waals surface area contributed by atoms with Crippen molar-refractivity contribution in [1.29, 1.82) is 0 Å². The summed E-state index contributed by atoms with van der Waals surface area (Å²) in [5.74, 6) is 0.218. The van der Waals surface area contributed by atoms with Crippen molar-refractivity contribution in [2.24, 2.45) is 0 Å². The number of hydrogen-bond acceptors (Lipinski definition) is 2. The van der Waals surface area contributed by atoms with Gasteiger partial charge in [0.05, 0.1) is 0 Å². The number of ketones is 2. The Morgan fingerprint density at radius 2 is 1.83 bits per heavy atom. The lowest BCUT2D eigenvalue weighted by molar-refractivity contribution is -0.117. The van der Waals surface area contributed by atoms with Crippen LogP contribution in [-0.2, 0) is 11.2 Å². The Morgan fingerprint density at radius 3 is 2.72 bits per heavy atom. The van der Waals surface area contributed by atoms with E-state index in [-0.39, 0.29) is 11.6 Å². The molecule has 0 atom stereocenters. The van der Waals surface area contributed by atoms with Crippen molar-refractivity contribution in [3.05, 3.63) is 53.1 Å². The summed E-state index contributed by atoms with van der Waals surface area (Å²) >= 11 is 0. The second kappa shape index (κ2) is 3.16. The fraction of sp³-hybridized carbons (Fsp3) is 0.125. The number of carbonyl (C=O) groups excluding carboxylic acids is 2. The quantitative estimate of drug-likeness (QED) is 0.702. The number of rotatable bonds is 0. The average molecular weight is 234 g/mol. The zero-order valence-corrected chi connectivity index (χ0v) is 9.69. The summed E-state index contributed by atoms with van der Waals surface area (Å²) in [6.45, 7) is 0. The van der Waals surface area contributed by atoms with Crippen LogP contribution in [0.25, 0.3) is 16.3 Å². The molecule has 2 aromatic carbocycles. The maximum atomic E-state index is 12.1. The second-order valence-corrected chi connectivity index (χ2v) is 4.93. The zero-order valence-electron chi connectivity index (χ0n) is 9.69. The molecule has 2 aliphatic rings. The van der Waals surface area contributed by atoms with Gasteiger partial charge in [0.2, 0.25) is 0 Å². The minimum Gasteiger partial charge on any atom is -0.299 e. The first-order valence-electron chi connectivity index (χ1n) is 6.05. The molecule has 0 spiro atoms. The Bertz CT molecular complexity index is 766. The van der Waals surface area contributed by atoms with Crippen LogP contribution >= 0.6 is 0 Å². The van der Waals surface area contributed by atoms with Crippen LogP contribution in [0.3, 0.4) is 0 Å². The molecule has 2 aromatic rings. The van der Waals surface area contributed by atoms with Crippen LogP contribution in [0.15, 0.2) is 36.4 Å². The van der Waals surface area contributed by atoms with Gasteiger partial charge < -0.3 is 0 Å². The first-order chi connectivity index (χ1) is 8.74. The highest BCUT2D eigenvalue weighted by molar-refractivity contribution is 6.24. The van der Waals surface area contributed by atoms with Crippen LogP contribution in [0.2, 0.25) is 0 Å². The molecule has 0 saturated heterocycles. The molecule has 0 N–H and O–H groups in total. The van der Waals surface area contributed by atoms with Gasteiger partial charge in [-0.15, -0.1) is 0 Å². The largest absolute Gasteiger partial charge is 0.299 e. The van der Waals surface area contributed by atoms with Gasteiger partial charge in [-0.3, -0.25) is 9.59 Å². The number of allylic oxidation sites excluding steroid dienone is 2. The molecule has 0 unspecified atom stereocenters. The lowest BCUT2D eigenvalue weighted by atomic mass is 9.78. The maximum absolute atomic E-state index is 12.1. The maximum Gasteiger partial charge on any atom is 0.186 e. The van der Waals surface area contributed by atoms with Crippen molar-refractivity contribution in [1.82, 2.24) is 0 Å². The van der Waals surface area contributed by atoms with Crippen molar-refractivity contribution < 1.29 is 9.59 Å². The monoisotopic (exact) mass is 234 g/mol. The lowest BCUT2D eigenvalue weighted by Crippen LogP contribution is -2.17. The molecule has 86 valence electrons. The van der Waals surface area contributed by atoms with E-state index in [1.807, 2.05) is 30.3 Å². The first-order valence-corrected chi connectivity index (χ1v) is 6.05. The van der Waals surface area contributed by atoms with Crippen LogP contribution in [0.1, 0.15) is 27.9 Å². The average Bonchev–Trinajstić information content (AvgIpc) is 2.36. The Hall–Kier alpha value is -2.22.